The second kappa shape index (κ2) is 6.10. The molecular formula is C16H24FNO2. The number of methoxy groups -OCH3 is 1. The third-order valence-corrected chi connectivity index (χ3v) is 4.50. The topological polar surface area (TPSA) is 44.5 Å². The summed E-state index contributed by atoms with van der Waals surface area (Å²) >= 11 is 0. The minimum atomic E-state index is -0.339. The Morgan fingerprint density at radius 3 is 2.50 bits per heavy atom. The van der Waals surface area contributed by atoms with Gasteiger partial charge in [-0.1, -0.05) is 13.0 Å². The molecule has 0 radical (unpaired) electrons. The predicted molar refractivity (Wildman–Crippen MR) is 77.3 cm³/mol. The molecule has 1 aromatic rings. The average Bonchev–Trinajstić information content (AvgIpc) is 2.63. The van der Waals surface area contributed by atoms with E-state index in [0.29, 0.717) is 18.3 Å². The van der Waals surface area contributed by atoms with Crippen LogP contribution < -0.4 is 10.5 Å². The fourth-order valence-corrected chi connectivity index (χ4v) is 3.28. The minimum Gasteiger partial charge on any atom is -0.494 e. The number of halogens is 1. The van der Waals surface area contributed by atoms with Gasteiger partial charge in [-0.25, -0.2) is 4.39 Å². The van der Waals surface area contributed by atoms with Gasteiger partial charge in [0.1, 0.15) is 0 Å². The van der Waals surface area contributed by atoms with Crippen molar-refractivity contribution in [1.82, 2.24) is 0 Å². The SMILES string of the molecule is COc1ccc(CC(N)C2C(C)OC(C)C2C)cc1F. The molecule has 2 N–H and O–H groups in total. The number of rotatable bonds is 4. The van der Waals surface area contributed by atoms with Gasteiger partial charge in [0.05, 0.1) is 19.3 Å². The monoisotopic (exact) mass is 281 g/mol. The van der Waals surface area contributed by atoms with Gasteiger partial charge in [0.15, 0.2) is 11.6 Å². The second-order valence-electron chi connectivity index (χ2n) is 5.82. The summed E-state index contributed by atoms with van der Waals surface area (Å²) in [6.07, 6.45) is 1.03. The van der Waals surface area contributed by atoms with E-state index in [-0.39, 0.29) is 29.8 Å². The molecule has 1 heterocycles. The summed E-state index contributed by atoms with van der Waals surface area (Å²) in [4.78, 5) is 0. The van der Waals surface area contributed by atoms with Crippen LogP contribution >= 0.6 is 0 Å². The highest BCUT2D eigenvalue weighted by molar-refractivity contribution is 5.29. The largest absolute Gasteiger partial charge is 0.494 e. The van der Waals surface area contributed by atoms with E-state index < -0.39 is 0 Å². The lowest BCUT2D eigenvalue weighted by atomic mass is 9.81. The molecule has 4 heteroatoms. The van der Waals surface area contributed by atoms with Crippen LogP contribution in [0, 0.1) is 17.7 Å². The summed E-state index contributed by atoms with van der Waals surface area (Å²) in [5.74, 6) is 0.648. The van der Waals surface area contributed by atoms with Crippen molar-refractivity contribution in [3.05, 3.63) is 29.6 Å². The van der Waals surface area contributed by atoms with Crippen LogP contribution in [0.4, 0.5) is 4.39 Å². The summed E-state index contributed by atoms with van der Waals surface area (Å²) in [6.45, 7) is 6.33. The van der Waals surface area contributed by atoms with Crippen LogP contribution in [-0.4, -0.2) is 25.4 Å². The molecule has 0 bridgehead atoms. The van der Waals surface area contributed by atoms with Gasteiger partial charge in [-0.15, -0.1) is 0 Å². The third kappa shape index (κ3) is 2.96. The van der Waals surface area contributed by atoms with E-state index in [4.69, 9.17) is 15.2 Å². The fourth-order valence-electron chi connectivity index (χ4n) is 3.28. The molecule has 0 aliphatic carbocycles. The van der Waals surface area contributed by atoms with E-state index in [2.05, 4.69) is 20.8 Å². The summed E-state index contributed by atoms with van der Waals surface area (Å²) < 4.78 is 24.5. The van der Waals surface area contributed by atoms with Crippen molar-refractivity contribution >= 4 is 0 Å². The van der Waals surface area contributed by atoms with Crippen LogP contribution in [0.1, 0.15) is 26.3 Å². The van der Waals surface area contributed by atoms with E-state index >= 15 is 0 Å². The highest BCUT2D eigenvalue weighted by atomic mass is 19.1. The van der Waals surface area contributed by atoms with Crippen LogP contribution in [0.25, 0.3) is 0 Å². The van der Waals surface area contributed by atoms with Gasteiger partial charge in [-0.3, -0.25) is 0 Å². The molecule has 0 saturated carbocycles. The van der Waals surface area contributed by atoms with Crippen LogP contribution in [0.3, 0.4) is 0 Å². The molecule has 2 rings (SSSR count). The van der Waals surface area contributed by atoms with Gasteiger partial charge in [-0.2, -0.15) is 0 Å². The smallest absolute Gasteiger partial charge is 0.165 e. The van der Waals surface area contributed by atoms with E-state index in [0.717, 1.165) is 5.56 Å². The van der Waals surface area contributed by atoms with Gasteiger partial charge >= 0.3 is 0 Å². The Balaban J connectivity index is 2.08. The highest BCUT2D eigenvalue weighted by Crippen LogP contribution is 2.35. The van der Waals surface area contributed by atoms with Crippen LogP contribution in [0.5, 0.6) is 5.75 Å². The average molecular weight is 281 g/mol. The van der Waals surface area contributed by atoms with Crippen LogP contribution in [-0.2, 0) is 11.2 Å². The Morgan fingerprint density at radius 2 is 2.00 bits per heavy atom. The van der Waals surface area contributed by atoms with E-state index in [1.807, 2.05) is 6.07 Å². The zero-order valence-corrected chi connectivity index (χ0v) is 12.6. The zero-order valence-electron chi connectivity index (χ0n) is 12.6. The molecule has 0 amide bonds. The summed E-state index contributed by atoms with van der Waals surface area (Å²) in [5.41, 5.74) is 7.24. The number of nitrogens with two attached hydrogens (primary N) is 1. The van der Waals surface area contributed by atoms with Gasteiger partial charge in [0.2, 0.25) is 0 Å². The highest BCUT2D eigenvalue weighted by Gasteiger charge is 2.40. The number of benzene rings is 1. The molecule has 1 saturated heterocycles. The molecule has 5 unspecified atom stereocenters. The maximum absolute atomic E-state index is 13.7. The molecule has 0 aromatic heterocycles. The Labute approximate surface area is 120 Å². The van der Waals surface area contributed by atoms with Crippen molar-refractivity contribution in [2.45, 2.75) is 45.4 Å². The van der Waals surface area contributed by atoms with Crippen molar-refractivity contribution in [3.63, 3.8) is 0 Å². The lowest BCUT2D eigenvalue weighted by Gasteiger charge is -2.25. The number of ether oxygens (including phenoxy) is 2. The van der Waals surface area contributed by atoms with Crippen molar-refractivity contribution in [1.29, 1.82) is 0 Å². The quantitative estimate of drug-likeness (QED) is 0.923. The van der Waals surface area contributed by atoms with Crippen LogP contribution in [0.2, 0.25) is 0 Å². The summed E-state index contributed by atoms with van der Waals surface area (Å²) in [7, 11) is 1.46. The second-order valence-corrected chi connectivity index (χ2v) is 5.82. The molecule has 1 aliphatic rings. The van der Waals surface area contributed by atoms with Crippen molar-refractivity contribution in [3.8, 4) is 5.75 Å². The lowest BCUT2D eigenvalue weighted by Crippen LogP contribution is -2.39. The Bertz CT molecular complexity index is 466. The Hall–Kier alpha value is -1.13. The maximum Gasteiger partial charge on any atom is 0.165 e. The van der Waals surface area contributed by atoms with Gasteiger partial charge in [0.25, 0.3) is 0 Å². The standard InChI is InChI=1S/C16H24FNO2/c1-9-10(2)20-11(3)16(9)14(18)8-12-5-6-15(19-4)13(17)7-12/h5-7,9-11,14,16H,8,18H2,1-4H3. The normalized spacial score (nSPS) is 31.3. The van der Waals surface area contributed by atoms with Crippen LogP contribution in [0.15, 0.2) is 18.2 Å². The lowest BCUT2D eigenvalue weighted by molar-refractivity contribution is 0.0490. The minimum absolute atomic E-state index is 0.0299. The first-order chi connectivity index (χ1) is 9.43. The van der Waals surface area contributed by atoms with E-state index in [1.165, 1.54) is 13.2 Å². The van der Waals surface area contributed by atoms with Gasteiger partial charge < -0.3 is 15.2 Å². The van der Waals surface area contributed by atoms with E-state index in [1.54, 1.807) is 6.07 Å². The zero-order chi connectivity index (χ0) is 14.9. The molecule has 3 nitrogen and oxygen atoms in total. The Morgan fingerprint density at radius 1 is 1.30 bits per heavy atom. The molecule has 1 aromatic carbocycles. The first-order valence-corrected chi connectivity index (χ1v) is 7.17. The molecule has 112 valence electrons. The van der Waals surface area contributed by atoms with Gasteiger partial charge in [-0.05, 0) is 43.9 Å². The molecule has 1 aliphatic heterocycles. The van der Waals surface area contributed by atoms with Gasteiger partial charge in [0, 0.05) is 12.0 Å². The molecule has 0 spiro atoms. The van der Waals surface area contributed by atoms with Crippen molar-refractivity contribution in [2.75, 3.05) is 7.11 Å². The molecular weight excluding hydrogens is 257 g/mol. The fraction of sp³-hybridized carbons (Fsp3) is 0.625. The Kier molecular flexibility index (Phi) is 4.66. The predicted octanol–water partition coefficient (Wildman–Crippen LogP) is 2.76. The number of hydrogen-bond donors (Lipinski definition) is 1. The molecule has 1 fully saturated rings. The van der Waals surface area contributed by atoms with E-state index in [9.17, 15) is 4.39 Å². The maximum atomic E-state index is 13.7. The third-order valence-electron chi connectivity index (χ3n) is 4.50. The molecule has 5 atom stereocenters. The van der Waals surface area contributed by atoms with Crippen molar-refractivity contribution < 1.29 is 13.9 Å². The summed E-state index contributed by atoms with van der Waals surface area (Å²) in [5, 5.41) is 0. The first kappa shape index (κ1) is 15.3. The number of hydrogen-bond acceptors (Lipinski definition) is 3. The van der Waals surface area contributed by atoms with Crippen molar-refractivity contribution in [2.24, 2.45) is 17.6 Å². The summed E-state index contributed by atoms with van der Waals surface area (Å²) in [6, 6.07) is 5.00. The molecule has 20 heavy (non-hydrogen) atoms. The first-order valence-electron chi connectivity index (χ1n) is 7.17.